The second-order valence-corrected chi connectivity index (χ2v) is 3.68. The zero-order valence-corrected chi connectivity index (χ0v) is 8.69. The van der Waals surface area contributed by atoms with E-state index in [4.69, 9.17) is 11.5 Å². The molecule has 0 aliphatic carbocycles. The van der Waals surface area contributed by atoms with Crippen molar-refractivity contribution >= 4 is 27.3 Å². The van der Waals surface area contributed by atoms with E-state index in [0.717, 1.165) is 17.3 Å². The highest BCUT2D eigenvalue weighted by molar-refractivity contribution is 9.10. The summed E-state index contributed by atoms with van der Waals surface area (Å²) >= 11 is 3.36. The molecule has 0 unspecified atom stereocenters. The minimum atomic E-state index is 0.634. The maximum atomic E-state index is 5.70. The molecule has 66 valence electrons. The highest BCUT2D eigenvalue weighted by Gasteiger charge is 2.02. The van der Waals surface area contributed by atoms with E-state index >= 15 is 0 Å². The Morgan fingerprint density at radius 1 is 1.33 bits per heavy atom. The van der Waals surface area contributed by atoms with Gasteiger partial charge in [-0.25, -0.2) is 0 Å². The third-order valence-corrected chi connectivity index (χ3v) is 2.42. The first-order chi connectivity index (χ1) is 5.65. The monoisotopic (exact) mass is 228 g/mol. The lowest BCUT2D eigenvalue weighted by molar-refractivity contribution is 0.922. The Balaban J connectivity index is 3.04. The molecule has 12 heavy (non-hydrogen) atoms. The summed E-state index contributed by atoms with van der Waals surface area (Å²) in [6.45, 7) is 2.14. The smallest absolute Gasteiger partial charge is 0.0692 e. The van der Waals surface area contributed by atoms with E-state index < -0.39 is 0 Å². The average Bonchev–Trinajstić information content (AvgIpc) is 2.01. The van der Waals surface area contributed by atoms with Gasteiger partial charge in [0.2, 0.25) is 0 Å². The molecule has 0 fully saturated rings. The number of rotatable bonds is 2. The Morgan fingerprint density at radius 2 is 2.00 bits per heavy atom. The van der Waals surface area contributed by atoms with Crippen molar-refractivity contribution in [3.8, 4) is 0 Å². The molecule has 0 aliphatic rings. The molecule has 1 rings (SSSR count). The van der Waals surface area contributed by atoms with Crippen molar-refractivity contribution in [3.05, 3.63) is 22.2 Å². The Hall–Kier alpha value is -0.700. The number of nitrogen functional groups attached to an aromatic ring is 2. The third kappa shape index (κ3) is 1.91. The molecule has 1 aromatic carbocycles. The fourth-order valence-electron chi connectivity index (χ4n) is 1.13. The van der Waals surface area contributed by atoms with Crippen molar-refractivity contribution in [1.29, 1.82) is 0 Å². The van der Waals surface area contributed by atoms with Crippen molar-refractivity contribution in [2.24, 2.45) is 0 Å². The number of aryl methyl sites for hydroxylation is 1. The zero-order chi connectivity index (χ0) is 9.14. The van der Waals surface area contributed by atoms with E-state index in [0.29, 0.717) is 11.4 Å². The third-order valence-electron chi connectivity index (χ3n) is 1.76. The number of anilines is 2. The summed E-state index contributed by atoms with van der Waals surface area (Å²) in [5, 5.41) is 0. The van der Waals surface area contributed by atoms with Crippen LogP contribution in [-0.4, -0.2) is 0 Å². The molecule has 0 aromatic heterocycles. The number of nitrogens with two attached hydrogens (primary N) is 2. The topological polar surface area (TPSA) is 52.0 Å². The van der Waals surface area contributed by atoms with Gasteiger partial charge in [0.15, 0.2) is 0 Å². The van der Waals surface area contributed by atoms with E-state index in [1.165, 1.54) is 5.56 Å². The lowest BCUT2D eigenvalue weighted by Crippen LogP contribution is -1.97. The van der Waals surface area contributed by atoms with Crippen LogP contribution in [-0.2, 0) is 6.42 Å². The van der Waals surface area contributed by atoms with Crippen LogP contribution in [0.4, 0.5) is 11.4 Å². The molecular weight excluding hydrogens is 216 g/mol. The Morgan fingerprint density at radius 3 is 2.50 bits per heavy atom. The van der Waals surface area contributed by atoms with Gasteiger partial charge in [0, 0.05) is 4.47 Å². The number of halogens is 1. The molecule has 0 bridgehead atoms. The van der Waals surface area contributed by atoms with Crippen molar-refractivity contribution in [2.75, 3.05) is 11.5 Å². The molecule has 0 amide bonds. The normalized spacial score (nSPS) is 10.2. The summed E-state index contributed by atoms with van der Waals surface area (Å²) < 4.78 is 0.894. The lowest BCUT2D eigenvalue weighted by Gasteiger charge is -2.06. The van der Waals surface area contributed by atoms with Crippen LogP contribution < -0.4 is 11.5 Å². The van der Waals surface area contributed by atoms with E-state index in [1.807, 2.05) is 12.1 Å². The van der Waals surface area contributed by atoms with E-state index in [-0.39, 0.29) is 0 Å². The standard InChI is InChI=1S/C9H13BrN2/c1-2-3-6-4-7(10)9(12)8(11)5-6/h4-5H,2-3,11-12H2,1H3. The van der Waals surface area contributed by atoms with Gasteiger partial charge in [0.1, 0.15) is 0 Å². The first kappa shape index (κ1) is 9.39. The van der Waals surface area contributed by atoms with Gasteiger partial charge >= 0.3 is 0 Å². The molecule has 0 saturated carbocycles. The van der Waals surface area contributed by atoms with Crippen molar-refractivity contribution in [3.63, 3.8) is 0 Å². The lowest BCUT2D eigenvalue weighted by atomic mass is 10.1. The van der Waals surface area contributed by atoms with Crippen molar-refractivity contribution < 1.29 is 0 Å². The van der Waals surface area contributed by atoms with Gasteiger partial charge in [0.25, 0.3) is 0 Å². The molecule has 0 saturated heterocycles. The van der Waals surface area contributed by atoms with E-state index in [9.17, 15) is 0 Å². The van der Waals surface area contributed by atoms with Crippen LogP contribution in [0.2, 0.25) is 0 Å². The summed E-state index contributed by atoms with van der Waals surface area (Å²) in [6.07, 6.45) is 2.17. The highest BCUT2D eigenvalue weighted by atomic mass is 79.9. The number of benzene rings is 1. The maximum Gasteiger partial charge on any atom is 0.0692 e. The molecule has 0 heterocycles. The van der Waals surface area contributed by atoms with Crippen LogP contribution in [0.15, 0.2) is 16.6 Å². The van der Waals surface area contributed by atoms with Gasteiger partial charge in [0.05, 0.1) is 11.4 Å². The van der Waals surface area contributed by atoms with Crippen molar-refractivity contribution in [2.45, 2.75) is 19.8 Å². The minimum Gasteiger partial charge on any atom is -0.397 e. The number of hydrogen-bond donors (Lipinski definition) is 2. The predicted octanol–water partition coefficient (Wildman–Crippen LogP) is 2.57. The summed E-state index contributed by atoms with van der Waals surface area (Å²) in [5.41, 5.74) is 13.9. The summed E-state index contributed by atoms with van der Waals surface area (Å²) in [5.74, 6) is 0. The summed E-state index contributed by atoms with van der Waals surface area (Å²) in [4.78, 5) is 0. The zero-order valence-electron chi connectivity index (χ0n) is 7.10. The van der Waals surface area contributed by atoms with Crippen LogP contribution >= 0.6 is 15.9 Å². The van der Waals surface area contributed by atoms with Gasteiger partial charge in [-0.1, -0.05) is 13.3 Å². The molecule has 4 N–H and O–H groups in total. The quantitative estimate of drug-likeness (QED) is 0.765. The van der Waals surface area contributed by atoms with Crippen molar-refractivity contribution in [1.82, 2.24) is 0 Å². The molecule has 0 atom stereocenters. The molecule has 2 nitrogen and oxygen atoms in total. The molecule has 1 aromatic rings. The molecule has 0 spiro atoms. The average molecular weight is 229 g/mol. The van der Waals surface area contributed by atoms with E-state index in [2.05, 4.69) is 22.9 Å². The van der Waals surface area contributed by atoms with Crippen LogP contribution in [0, 0.1) is 0 Å². The summed E-state index contributed by atoms with van der Waals surface area (Å²) in [6, 6.07) is 3.96. The second-order valence-electron chi connectivity index (χ2n) is 2.83. The Bertz CT molecular complexity index is 261. The molecule has 0 aliphatic heterocycles. The predicted molar refractivity (Wildman–Crippen MR) is 57.0 cm³/mol. The fourth-order valence-corrected chi connectivity index (χ4v) is 1.65. The van der Waals surface area contributed by atoms with Gasteiger partial charge in [-0.05, 0) is 40.0 Å². The second kappa shape index (κ2) is 3.81. The Labute approximate surface area is 81.1 Å². The van der Waals surface area contributed by atoms with Crippen LogP contribution in [0.3, 0.4) is 0 Å². The van der Waals surface area contributed by atoms with E-state index in [1.54, 1.807) is 0 Å². The first-order valence-electron chi connectivity index (χ1n) is 3.98. The maximum absolute atomic E-state index is 5.70. The van der Waals surface area contributed by atoms with Gasteiger partial charge in [-0.15, -0.1) is 0 Å². The minimum absolute atomic E-state index is 0.634. The largest absolute Gasteiger partial charge is 0.397 e. The SMILES string of the molecule is CCCc1cc(N)c(N)c(Br)c1. The van der Waals surface area contributed by atoms with Crippen LogP contribution in [0.1, 0.15) is 18.9 Å². The number of hydrogen-bond acceptors (Lipinski definition) is 2. The van der Waals surface area contributed by atoms with Gasteiger partial charge in [-0.3, -0.25) is 0 Å². The Kier molecular flexibility index (Phi) is 2.98. The summed E-state index contributed by atoms with van der Waals surface area (Å²) in [7, 11) is 0. The van der Waals surface area contributed by atoms with Crippen LogP contribution in [0.25, 0.3) is 0 Å². The molecule has 3 heteroatoms. The highest BCUT2D eigenvalue weighted by Crippen LogP contribution is 2.27. The first-order valence-corrected chi connectivity index (χ1v) is 4.77. The molecule has 0 radical (unpaired) electrons. The molecular formula is C9H13BrN2. The fraction of sp³-hybridized carbons (Fsp3) is 0.333. The van der Waals surface area contributed by atoms with Gasteiger partial charge in [-0.2, -0.15) is 0 Å². The van der Waals surface area contributed by atoms with Gasteiger partial charge < -0.3 is 11.5 Å². The van der Waals surface area contributed by atoms with Crippen LogP contribution in [0.5, 0.6) is 0 Å².